The second-order valence-corrected chi connectivity index (χ2v) is 10.9. The van der Waals surface area contributed by atoms with Crippen molar-refractivity contribution in [3.8, 4) is 11.1 Å². The minimum Gasteiger partial charge on any atom is -0.349 e. The van der Waals surface area contributed by atoms with Crippen molar-refractivity contribution in [3.05, 3.63) is 71.4 Å². The average Bonchev–Trinajstić information content (AvgIpc) is 3.22. The molecule has 2 aromatic heterocycles. The van der Waals surface area contributed by atoms with Crippen molar-refractivity contribution in [2.75, 3.05) is 5.75 Å². The molecule has 2 aromatic carbocycles. The molecule has 170 valence electrons. The minimum absolute atomic E-state index is 0.0354. The zero-order valence-corrected chi connectivity index (χ0v) is 20.4. The molecule has 33 heavy (non-hydrogen) atoms. The fourth-order valence-electron chi connectivity index (χ4n) is 3.35. The maximum atomic E-state index is 12.6. The molecule has 0 radical (unpaired) electrons. The third-order valence-corrected chi connectivity index (χ3v) is 7.93. The van der Waals surface area contributed by atoms with E-state index in [1.165, 1.54) is 35.8 Å². The fraction of sp³-hybridized carbons (Fsp3) is 0.174. The van der Waals surface area contributed by atoms with Crippen LogP contribution in [0.25, 0.3) is 21.3 Å². The Kier molecular flexibility index (Phi) is 6.80. The highest BCUT2D eigenvalue weighted by atomic mass is 32.2. The smallest absolute Gasteiger partial charge is 0.238 e. The number of fused-ring (bicyclic) bond motifs is 1. The predicted molar refractivity (Wildman–Crippen MR) is 133 cm³/mol. The van der Waals surface area contributed by atoms with E-state index in [1.807, 2.05) is 13.8 Å². The summed E-state index contributed by atoms with van der Waals surface area (Å²) in [6.45, 7) is 3.89. The molecule has 0 fully saturated rings. The molecular formula is C23H22N4O3S3. The van der Waals surface area contributed by atoms with Crippen LogP contribution in [0, 0.1) is 6.92 Å². The van der Waals surface area contributed by atoms with Crippen LogP contribution in [0.4, 0.5) is 0 Å². The molecule has 2 heterocycles. The summed E-state index contributed by atoms with van der Waals surface area (Å²) in [5.74, 6) is 0.0384. The quantitative estimate of drug-likeness (QED) is 0.290. The van der Waals surface area contributed by atoms with Crippen LogP contribution in [0.3, 0.4) is 0 Å². The number of carbonyl (C=O) groups excluding carboxylic acids is 1. The highest BCUT2D eigenvalue weighted by Crippen LogP contribution is 2.37. The van der Waals surface area contributed by atoms with Crippen LogP contribution in [0.15, 0.2) is 70.2 Å². The van der Waals surface area contributed by atoms with Gasteiger partial charge in [-0.2, -0.15) is 0 Å². The standard InChI is InChI=1S/C23H22N4O3S3/c1-14-3-5-17(6-4-14)19-11-31-22-21(19)23(26-13-25-22)32-12-20(28)27-15(2)16-7-9-18(10-8-16)33(24,29)30/h3-11,13,15H,12H2,1-2H3,(H,27,28)(H2,24,29,30)/t15-/m0/s1. The lowest BCUT2D eigenvalue weighted by atomic mass is 10.1. The third kappa shape index (κ3) is 5.41. The van der Waals surface area contributed by atoms with Gasteiger partial charge in [0.1, 0.15) is 16.2 Å². The van der Waals surface area contributed by atoms with Crippen molar-refractivity contribution in [2.24, 2.45) is 5.14 Å². The van der Waals surface area contributed by atoms with Crippen molar-refractivity contribution in [1.29, 1.82) is 0 Å². The van der Waals surface area contributed by atoms with Gasteiger partial charge >= 0.3 is 0 Å². The van der Waals surface area contributed by atoms with Gasteiger partial charge in [0.15, 0.2) is 0 Å². The lowest BCUT2D eigenvalue weighted by Gasteiger charge is -2.14. The van der Waals surface area contributed by atoms with Crippen LogP contribution in [-0.2, 0) is 14.8 Å². The highest BCUT2D eigenvalue weighted by Gasteiger charge is 2.16. The van der Waals surface area contributed by atoms with Gasteiger partial charge in [0, 0.05) is 10.9 Å². The maximum absolute atomic E-state index is 12.6. The fourth-order valence-corrected chi connectivity index (χ4v) is 5.67. The number of primary sulfonamides is 1. The van der Waals surface area contributed by atoms with E-state index >= 15 is 0 Å². The van der Waals surface area contributed by atoms with Crippen molar-refractivity contribution >= 4 is 49.2 Å². The van der Waals surface area contributed by atoms with Crippen molar-refractivity contribution < 1.29 is 13.2 Å². The van der Waals surface area contributed by atoms with Crippen molar-refractivity contribution in [2.45, 2.75) is 29.8 Å². The van der Waals surface area contributed by atoms with Gasteiger partial charge in [-0.25, -0.2) is 23.5 Å². The molecule has 1 amide bonds. The Bertz CT molecular complexity index is 1400. The predicted octanol–water partition coefficient (Wildman–Crippen LogP) is 4.28. The van der Waals surface area contributed by atoms with Gasteiger partial charge in [-0.05, 0) is 37.1 Å². The van der Waals surface area contributed by atoms with Crippen LogP contribution in [0.5, 0.6) is 0 Å². The Labute approximate surface area is 200 Å². The first-order valence-corrected chi connectivity index (χ1v) is 13.5. The van der Waals surface area contributed by atoms with E-state index in [0.717, 1.165) is 31.9 Å². The summed E-state index contributed by atoms with van der Waals surface area (Å²) in [6.07, 6.45) is 1.52. The number of aromatic nitrogens is 2. The number of hydrogen-bond donors (Lipinski definition) is 2. The van der Waals surface area contributed by atoms with Crippen LogP contribution in [0.2, 0.25) is 0 Å². The van der Waals surface area contributed by atoms with E-state index in [0.29, 0.717) is 0 Å². The number of rotatable bonds is 7. The first kappa shape index (κ1) is 23.4. The number of hydrogen-bond acceptors (Lipinski definition) is 7. The number of nitrogens with one attached hydrogen (secondary N) is 1. The summed E-state index contributed by atoms with van der Waals surface area (Å²) in [7, 11) is -3.75. The van der Waals surface area contributed by atoms with Gasteiger partial charge in [0.25, 0.3) is 0 Å². The number of thiophene rings is 1. The Morgan fingerprint density at radius 2 is 1.82 bits per heavy atom. The van der Waals surface area contributed by atoms with E-state index < -0.39 is 10.0 Å². The molecule has 0 aliphatic carbocycles. The molecular weight excluding hydrogens is 476 g/mol. The molecule has 4 rings (SSSR count). The Hall–Kier alpha value is -2.79. The number of nitrogens with zero attached hydrogens (tertiary/aromatic N) is 2. The molecule has 0 spiro atoms. The van der Waals surface area contributed by atoms with E-state index in [9.17, 15) is 13.2 Å². The molecule has 3 N–H and O–H groups in total. The number of sulfonamides is 1. The summed E-state index contributed by atoms with van der Waals surface area (Å²) in [6, 6.07) is 14.2. The zero-order chi connectivity index (χ0) is 23.6. The molecule has 4 aromatic rings. The second-order valence-electron chi connectivity index (χ2n) is 7.57. The topological polar surface area (TPSA) is 115 Å². The van der Waals surface area contributed by atoms with Crippen molar-refractivity contribution in [3.63, 3.8) is 0 Å². The lowest BCUT2D eigenvalue weighted by Crippen LogP contribution is -2.28. The molecule has 0 saturated heterocycles. The first-order valence-electron chi connectivity index (χ1n) is 10.1. The molecule has 0 bridgehead atoms. The van der Waals surface area contributed by atoms with Gasteiger partial charge in [-0.15, -0.1) is 11.3 Å². The number of nitrogens with two attached hydrogens (primary N) is 1. The normalized spacial score (nSPS) is 12.6. The van der Waals surface area contributed by atoms with Gasteiger partial charge < -0.3 is 5.32 Å². The van der Waals surface area contributed by atoms with Crippen LogP contribution >= 0.6 is 23.1 Å². The molecule has 0 saturated carbocycles. The van der Waals surface area contributed by atoms with Gasteiger partial charge in [0.05, 0.1) is 22.1 Å². The number of aryl methyl sites for hydroxylation is 1. The summed E-state index contributed by atoms with van der Waals surface area (Å²) in [4.78, 5) is 22.3. The van der Waals surface area contributed by atoms with E-state index in [-0.39, 0.29) is 22.6 Å². The maximum Gasteiger partial charge on any atom is 0.238 e. The molecule has 0 aliphatic rings. The number of benzene rings is 2. The lowest BCUT2D eigenvalue weighted by molar-refractivity contribution is -0.119. The van der Waals surface area contributed by atoms with Crippen LogP contribution in [-0.4, -0.2) is 30.0 Å². The van der Waals surface area contributed by atoms with Gasteiger partial charge in [-0.1, -0.05) is 53.7 Å². The summed E-state index contributed by atoms with van der Waals surface area (Å²) < 4.78 is 22.8. The van der Waals surface area contributed by atoms with E-state index in [1.54, 1.807) is 23.5 Å². The van der Waals surface area contributed by atoms with Gasteiger partial charge in [-0.3, -0.25) is 4.79 Å². The van der Waals surface area contributed by atoms with Crippen molar-refractivity contribution in [1.82, 2.24) is 15.3 Å². The van der Waals surface area contributed by atoms with Crippen LogP contribution < -0.4 is 10.5 Å². The Balaban J connectivity index is 1.46. The number of carbonyl (C=O) groups is 1. The summed E-state index contributed by atoms with van der Waals surface area (Å²) in [5, 5.41) is 11.9. The first-order chi connectivity index (χ1) is 15.7. The monoisotopic (exact) mass is 498 g/mol. The highest BCUT2D eigenvalue weighted by molar-refractivity contribution is 8.00. The minimum atomic E-state index is -3.75. The largest absolute Gasteiger partial charge is 0.349 e. The Morgan fingerprint density at radius 1 is 1.12 bits per heavy atom. The number of amides is 1. The SMILES string of the molecule is Cc1ccc(-c2csc3ncnc(SCC(=O)N[C@@H](C)c4ccc(S(N)(=O)=O)cc4)c23)cc1. The molecule has 0 aliphatic heterocycles. The summed E-state index contributed by atoms with van der Waals surface area (Å²) >= 11 is 2.92. The third-order valence-electron chi connectivity index (χ3n) is 5.12. The summed E-state index contributed by atoms with van der Waals surface area (Å²) in [5.41, 5.74) is 4.12. The van der Waals surface area contributed by atoms with Crippen LogP contribution in [0.1, 0.15) is 24.1 Å². The Morgan fingerprint density at radius 3 is 2.48 bits per heavy atom. The van der Waals surface area contributed by atoms with E-state index in [2.05, 4.69) is 44.9 Å². The molecule has 0 unspecified atom stereocenters. The second kappa shape index (κ2) is 9.60. The molecule has 1 atom stereocenters. The molecule has 10 heteroatoms. The zero-order valence-electron chi connectivity index (χ0n) is 18.0. The average molecular weight is 499 g/mol. The van der Waals surface area contributed by atoms with Gasteiger partial charge in [0.2, 0.25) is 15.9 Å². The number of thioether (sulfide) groups is 1. The van der Waals surface area contributed by atoms with E-state index in [4.69, 9.17) is 5.14 Å². The molecule has 7 nitrogen and oxygen atoms in total.